The van der Waals surface area contributed by atoms with Crippen LogP contribution in [-0.2, 0) is 36.8 Å². The van der Waals surface area contributed by atoms with Gasteiger partial charge in [0.15, 0.2) is 0 Å². The van der Waals surface area contributed by atoms with Crippen LogP contribution >= 0.6 is 0 Å². The topological polar surface area (TPSA) is 196 Å². The average Bonchev–Trinajstić information content (AvgIpc) is 3.37. The highest BCUT2D eigenvalue weighted by Crippen LogP contribution is 2.19. The predicted molar refractivity (Wildman–Crippen MR) is 162 cm³/mol. The first-order chi connectivity index (χ1) is 20.4. The molecule has 1 heterocycles. The Bertz CT molecular complexity index is 1420. The largest absolute Gasteiger partial charge is 0.480 e. The molecular formula is C31H40N6O6. The number of aliphatic carboxylic acids is 1. The van der Waals surface area contributed by atoms with Crippen molar-refractivity contribution in [3.8, 4) is 0 Å². The molecule has 0 aliphatic rings. The van der Waals surface area contributed by atoms with Crippen LogP contribution in [0, 0.1) is 5.92 Å². The maximum atomic E-state index is 13.6. The number of fused-ring (bicyclic) bond motifs is 1. The number of rotatable bonds is 15. The highest BCUT2D eigenvalue weighted by Gasteiger charge is 2.30. The molecule has 8 N–H and O–H groups in total. The van der Waals surface area contributed by atoms with Crippen molar-refractivity contribution in [2.45, 2.75) is 64.2 Å². The van der Waals surface area contributed by atoms with Gasteiger partial charge in [-0.1, -0.05) is 62.4 Å². The van der Waals surface area contributed by atoms with E-state index in [9.17, 15) is 24.0 Å². The molecule has 0 fully saturated rings. The first-order valence-corrected chi connectivity index (χ1v) is 14.2. The molecule has 43 heavy (non-hydrogen) atoms. The van der Waals surface area contributed by atoms with Gasteiger partial charge in [0.05, 0.1) is 6.04 Å². The monoisotopic (exact) mass is 592 g/mol. The summed E-state index contributed by atoms with van der Waals surface area (Å²) in [4.78, 5) is 66.1. The van der Waals surface area contributed by atoms with E-state index in [1.165, 1.54) is 6.92 Å². The number of hydrogen-bond donors (Lipinski definition) is 7. The molecule has 12 nitrogen and oxygen atoms in total. The normalized spacial score (nSPS) is 13.9. The summed E-state index contributed by atoms with van der Waals surface area (Å²) in [6, 6.07) is 12.8. The lowest BCUT2D eigenvalue weighted by Gasteiger charge is -2.26. The molecule has 1 aromatic heterocycles. The molecule has 12 heteroatoms. The van der Waals surface area contributed by atoms with Crippen molar-refractivity contribution < 1.29 is 29.1 Å². The molecule has 0 unspecified atom stereocenters. The number of carboxylic acid groups (broad SMARTS) is 1. The Morgan fingerprint density at radius 2 is 1.42 bits per heavy atom. The number of nitrogens with one attached hydrogen (secondary N) is 5. The zero-order valence-electron chi connectivity index (χ0n) is 24.6. The number of amides is 4. The second-order valence-corrected chi connectivity index (χ2v) is 11.0. The van der Waals surface area contributed by atoms with Crippen molar-refractivity contribution in [1.82, 2.24) is 26.3 Å². The van der Waals surface area contributed by atoms with E-state index < -0.39 is 60.3 Å². The van der Waals surface area contributed by atoms with E-state index >= 15 is 0 Å². The summed E-state index contributed by atoms with van der Waals surface area (Å²) in [6.45, 7) is 4.58. The predicted octanol–water partition coefficient (Wildman–Crippen LogP) is 1.00. The van der Waals surface area contributed by atoms with E-state index in [1.807, 2.05) is 74.6 Å². The maximum absolute atomic E-state index is 13.6. The molecule has 230 valence electrons. The number of carbonyl (C=O) groups excluding carboxylic acids is 4. The number of hydrogen-bond acceptors (Lipinski definition) is 6. The van der Waals surface area contributed by atoms with Gasteiger partial charge in [0, 0.05) is 23.5 Å². The van der Waals surface area contributed by atoms with Gasteiger partial charge in [0.2, 0.25) is 23.6 Å². The molecule has 4 atom stereocenters. The number of carboxylic acids is 1. The summed E-state index contributed by atoms with van der Waals surface area (Å²) in [5.41, 5.74) is 8.88. The molecule has 0 saturated carbocycles. The van der Waals surface area contributed by atoms with Crippen LogP contribution in [0.5, 0.6) is 0 Å². The molecule has 0 saturated heterocycles. The zero-order valence-corrected chi connectivity index (χ0v) is 24.6. The Morgan fingerprint density at radius 3 is 2.09 bits per heavy atom. The fourth-order valence-corrected chi connectivity index (χ4v) is 4.64. The van der Waals surface area contributed by atoms with Crippen LogP contribution in [0.3, 0.4) is 0 Å². The van der Waals surface area contributed by atoms with Gasteiger partial charge in [-0.05, 0) is 42.9 Å². The van der Waals surface area contributed by atoms with Gasteiger partial charge in [-0.15, -0.1) is 0 Å². The Kier molecular flexibility index (Phi) is 11.8. The number of aromatic nitrogens is 1. The Labute approximate surface area is 250 Å². The van der Waals surface area contributed by atoms with Gasteiger partial charge in [-0.25, -0.2) is 0 Å². The van der Waals surface area contributed by atoms with Gasteiger partial charge < -0.3 is 37.1 Å². The molecule has 0 aliphatic carbocycles. The zero-order chi connectivity index (χ0) is 31.5. The molecule has 3 rings (SSSR count). The lowest BCUT2D eigenvalue weighted by molar-refractivity contribution is -0.138. The van der Waals surface area contributed by atoms with E-state index in [2.05, 4.69) is 26.3 Å². The summed E-state index contributed by atoms with van der Waals surface area (Å²) in [6.07, 6.45) is 2.47. The van der Waals surface area contributed by atoms with Gasteiger partial charge in [-0.2, -0.15) is 0 Å². The quantitative estimate of drug-likeness (QED) is 0.137. The third-order valence-corrected chi connectivity index (χ3v) is 6.87. The number of nitrogens with two attached hydrogens (primary N) is 1. The van der Waals surface area contributed by atoms with Crippen LogP contribution in [0.25, 0.3) is 10.9 Å². The third kappa shape index (κ3) is 9.96. The number of carbonyl (C=O) groups is 5. The van der Waals surface area contributed by atoms with Crippen molar-refractivity contribution in [3.05, 3.63) is 71.9 Å². The van der Waals surface area contributed by atoms with Crippen molar-refractivity contribution >= 4 is 40.5 Å². The lowest BCUT2D eigenvalue weighted by Crippen LogP contribution is -2.58. The minimum absolute atomic E-state index is 0.000969. The second kappa shape index (κ2) is 15.5. The van der Waals surface area contributed by atoms with Crippen LogP contribution in [0.15, 0.2) is 60.8 Å². The van der Waals surface area contributed by atoms with Crippen LogP contribution in [0.1, 0.15) is 38.3 Å². The fraction of sp³-hybridized carbons (Fsp3) is 0.387. The smallest absolute Gasteiger partial charge is 0.322 e. The number of para-hydroxylation sites is 1. The maximum Gasteiger partial charge on any atom is 0.322 e. The van der Waals surface area contributed by atoms with E-state index in [1.54, 1.807) is 0 Å². The third-order valence-electron chi connectivity index (χ3n) is 6.87. The molecule has 3 aromatic rings. The van der Waals surface area contributed by atoms with Crippen LogP contribution in [0.4, 0.5) is 0 Å². The molecule has 4 amide bonds. The minimum Gasteiger partial charge on any atom is -0.480 e. The van der Waals surface area contributed by atoms with E-state index in [4.69, 9.17) is 10.8 Å². The standard InChI is InChI=1S/C31H40N6O6/c1-18(2)13-25(30(42)35-19(3)28(40)34-17-27(38)39)37-31(43)26(14-20-9-5-4-6-10-20)36-29(41)23(32)15-21-16-33-24-12-8-7-11-22(21)24/h4-12,16,18-19,23,25-26,33H,13-15,17,32H2,1-3H3,(H,34,40)(H,35,42)(H,36,41)(H,37,43)(H,38,39)/t19-,23-,25-,26-/m0/s1. The van der Waals surface area contributed by atoms with Crippen LogP contribution in [-0.4, -0.2) is 70.4 Å². The number of aromatic amines is 1. The van der Waals surface area contributed by atoms with Crippen molar-refractivity contribution in [1.29, 1.82) is 0 Å². The molecule has 0 bridgehead atoms. The van der Waals surface area contributed by atoms with Gasteiger partial charge in [-0.3, -0.25) is 24.0 Å². The first-order valence-electron chi connectivity index (χ1n) is 14.2. The Hall–Kier alpha value is -4.71. The van der Waals surface area contributed by atoms with E-state index in [0.29, 0.717) is 0 Å². The highest BCUT2D eigenvalue weighted by molar-refractivity contribution is 5.95. The van der Waals surface area contributed by atoms with Crippen molar-refractivity contribution in [2.24, 2.45) is 11.7 Å². The summed E-state index contributed by atoms with van der Waals surface area (Å²) >= 11 is 0. The molecule has 2 aromatic carbocycles. The highest BCUT2D eigenvalue weighted by atomic mass is 16.4. The Balaban J connectivity index is 1.73. The summed E-state index contributed by atoms with van der Waals surface area (Å²) < 4.78 is 0. The minimum atomic E-state index is -1.22. The first kappa shape index (κ1) is 32.8. The molecule has 0 radical (unpaired) electrons. The second-order valence-electron chi connectivity index (χ2n) is 11.0. The fourth-order valence-electron chi connectivity index (χ4n) is 4.64. The Morgan fingerprint density at radius 1 is 0.791 bits per heavy atom. The summed E-state index contributed by atoms with van der Waals surface area (Å²) in [5.74, 6) is -3.61. The van der Waals surface area contributed by atoms with E-state index in [-0.39, 0.29) is 25.2 Å². The summed E-state index contributed by atoms with van der Waals surface area (Å²) in [7, 11) is 0. The number of H-pyrrole nitrogens is 1. The van der Waals surface area contributed by atoms with Crippen LogP contribution < -0.4 is 27.0 Å². The van der Waals surface area contributed by atoms with E-state index in [0.717, 1.165) is 22.0 Å². The lowest BCUT2D eigenvalue weighted by atomic mass is 10.00. The SMILES string of the molecule is CC(C)C[C@H](NC(=O)[C@H](Cc1ccccc1)NC(=O)[C@@H](N)Cc1c[nH]c2ccccc12)C(=O)N[C@@H](C)C(=O)NCC(=O)O. The van der Waals surface area contributed by atoms with Gasteiger partial charge >= 0.3 is 5.97 Å². The van der Waals surface area contributed by atoms with Crippen molar-refractivity contribution in [3.63, 3.8) is 0 Å². The number of benzene rings is 2. The summed E-state index contributed by atoms with van der Waals surface area (Å²) in [5, 5.41) is 20.0. The van der Waals surface area contributed by atoms with Gasteiger partial charge in [0.25, 0.3) is 0 Å². The molecular weight excluding hydrogens is 552 g/mol. The molecule has 0 aliphatic heterocycles. The van der Waals surface area contributed by atoms with Crippen molar-refractivity contribution in [2.75, 3.05) is 6.54 Å². The molecule has 0 spiro atoms. The van der Waals surface area contributed by atoms with Gasteiger partial charge in [0.1, 0.15) is 24.7 Å². The van der Waals surface area contributed by atoms with Crippen LogP contribution in [0.2, 0.25) is 0 Å². The average molecular weight is 593 g/mol.